The van der Waals surface area contributed by atoms with Gasteiger partial charge in [-0.15, -0.1) is 0 Å². The van der Waals surface area contributed by atoms with E-state index in [1.54, 1.807) is 0 Å². The van der Waals surface area contributed by atoms with Crippen molar-refractivity contribution in [2.45, 2.75) is 19.4 Å². The lowest BCUT2D eigenvalue weighted by atomic mass is 9.79. The van der Waals surface area contributed by atoms with E-state index in [0.717, 1.165) is 6.42 Å². The Labute approximate surface area is 82.5 Å². The topological polar surface area (TPSA) is 55.8 Å². The Hall–Kier alpha value is -1.03. The predicted molar refractivity (Wildman–Crippen MR) is 48.3 cm³/mol. The molecule has 0 aromatic rings. The van der Waals surface area contributed by atoms with Crippen LogP contribution >= 0.6 is 0 Å². The Morgan fingerprint density at radius 3 is 3.14 bits per heavy atom. The van der Waals surface area contributed by atoms with Crippen LogP contribution in [0.25, 0.3) is 0 Å². The minimum Gasteiger partial charge on any atom is -0.497 e. The number of hydrogen-bond acceptors (Lipinski definition) is 4. The summed E-state index contributed by atoms with van der Waals surface area (Å²) >= 11 is 0. The molecule has 0 saturated carbocycles. The Balaban J connectivity index is 2.25. The maximum Gasteiger partial charge on any atom is 0.337 e. The quantitative estimate of drug-likeness (QED) is 0.622. The van der Waals surface area contributed by atoms with Crippen LogP contribution in [-0.4, -0.2) is 30.4 Å². The summed E-state index contributed by atoms with van der Waals surface area (Å²) < 4.78 is 10.2. The zero-order valence-corrected chi connectivity index (χ0v) is 8.10. The summed E-state index contributed by atoms with van der Waals surface area (Å²) in [5.41, 5.74) is 0.577. The first-order valence-corrected chi connectivity index (χ1v) is 4.87. The fraction of sp³-hybridized carbons (Fsp3) is 0.700. The zero-order chi connectivity index (χ0) is 10.1. The Morgan fingerprint density at radius 1 is 1.64 bits per heavy atom. The van der Waals surface area contributed by atoms with Crippen molar-refractivity contribution in [3.05, 3.63) is 11.8 Å². The van der Waals surface area contributed by atoms with E-state index in [4.69, 9.17) is 9.47 Å². The van der Waals surface area contributed by atoms with Crippen LogP contribution in [0.4, 0.5) is 0 Å². The Bertz CT molecular complexity index is 271. The summed E-state index contributed by atoms with van der Waals surface area (Å²) in [5, 5.41) is 9.23. The maximum absolute atomic E-state index is 11.3. The van der Waals surface area contributed by atoms with Gasteiger partial charge in [-0.2, -0.15) is 0 Å². The van der Waals surface area contributed by atoms with Gasteiger partial charge in [-0.05, 0) is 13.3 Å². The van der Waals surface area contributed by atoms with E-state index in [9.17, 15) is 9.90 Å². The lowest BCUT2D eigenvalue weighted by molar-refractivity contribution is -0.145. The molecule has 2 rings (SSSR count). The molecule has 14 heavy (non-hydrogen) atoms. The molecule has 4 heteroatoms. The lowest BCUT2D eigenvalue weighted by Gasteiger charge is -2.37. The SMILES string of the molecule is C[C@@H]1OC=C2C(=O)OCC[C@@H]2[C@@H]1CO. The summed E-state index contributed by atoms with van der Waals surface area (Å²) in [7, 11) is 0. The van der Waals surface area contributed by atoms with Gasteiger partial charge in [-0.25, -0.2) is 4.79 Å². The van der Waals surface area contributed by atoms with Gasteiger partial charge < -0.3 is 14.6 Å². The summed E-state index contributed by atoms with van der Waals surface area (Å²) in [6.07, 6.45) is 2.25. The molecule has 0 aliphatic carbocycles. The van der Waals surface area contributed by atoms with Gasteiger partial charge in [-0.1, -0.05) is 0 Å². The molecule has 1 N–H and O–H groups in total. The van der Waals surface area contributed by atoms with E-state index in [2.05, 4.69) is 0 Å². The molecule has 0 spiro atoms. The van der Waals surface area contributed by atoms with E-state index in [-0.39, 0.29) is 30.5 Å². The number of carbonyl (C=O) groups excluding carboxylic acids is 1. The van der Waals surface area contributed by atoms with Gasteiger partial charge in [-0.3, -0.25) is 0 Å². The van der Waals surface area contributed by atoms with Gasteiger partial charge in [0, 0.05) is 11.8 Å². The van der Waals surface area contributed by atoms with Gasteiger partial charge in [0.1, 0.15) is 6.10 Å². The molecule has 4 nitrogen and oxygen atoms in total. The zero-order valence-electron chi connectivity index (χ0n) is 8.10. The monoisotopic (exact) mass is 198 g/mol. The van der Waals surface area contributed by atoms with Gasteiger partial charge in [0.2, 0.25) is 0 Å². The second-order valence-electron chi connectivity index (χ2n) is 3.79. The number of aliphatic hydroxyl groups is 1. The number of esters is 1. The molecule has 0 aromatic heterocycles. The molecule has 1 fully saturated rings. The van der Waals surface area contributed by atoms with E-state index in [1.807, 2.05) is 6.92 Å². The lowest BCUT2D eigenvalue weighted by Crippen LogP contribution is -2.40. The van der Waals surface area contributed by atoms with E-state index in [0.29, 0.717) is 12.2 Å². The van der Waals surface area contributed by atoms with Crippen molar-refractivity contribution in [2.24, 2.45) is 11.8 Å². The van der Waals surface area contributed by atoms with Crippen molar-refractivity contribution in [2.75, 3.05) is 13.2 Å². The van der Waals surface area contributed by atoms with Gasteiger partial charge >= 0.3 is 5.97 Å². The molecule has 2 aliphatic rings. The summed E-state index contributed by atoms with van der Waals surface area (Å²) in [6.45, 7) is 2.41. The van der Waals surface area contributed by atoms with Crippen LogP contribution in [0, 0.1) is 11.8 Å². The molecule has 0 radical (unpaired) electrons. The number of ether oxygens (including phenoxy) is 2. The third-order valence-corrected chi connectivity index (χ3v) is 3.04. The molecule has 0 aromatic carbocycles. The fourth-order valence-corrected chi connectivity index (χ4v) is 2.13. The molecule has 78 valence electrons. The van der Waals surface area contributed by atoms with E-state index >= 15 is 0 Å². The minimum absolute atomic E-state index is 0.0165. The number of rotatable bonds is 1. The molecule has 1 saturated heterocycles. The Kier molecular flexibility index (Phi) is 2.46. The van der Waals surface area contributed by atoms with Crippen LogP contribution in [0.1, 0.15) is 13.3 Å². The number of cyclic esters (lactones) is 1. The molecule has 0 bridgehead atoms. The smallest absolute Gasteiger partial charge is 0.337 e. The van der Waals surface area contributed by atoms with Crippen LogP contribution in [-0.2, 0) is 14.3 Å². The molecule has 0 amide bonds. The van der Waals surface area contributed by atoms with Crippen molar-refractivity contribution >= 4 is 5.97 Å². The summed E-state index contributed by atoms with van der Waals surface area (Å²) in [6, 6.07) is 0. The van der Waals surface area contributed by atoms with Gasteiger partial charge in [0.05, 0.1) is 25.0 Å². The van der Waals surface area contributed by atoms with Crippen molar-refractivity contribution in [3.8, 4) is 0 Å². The van der Waals surface area contributed by atoms with E-state index < -0.39 is 0 Å². The highest BCUT2D eigenvalue weighted by molar-refractivity contribution is 5.89. The Morgan fingerprint density at radius 2 is 2.43 bits per heavy atom. The molecule has 2 heterocycles. The van der Waals surface area contributed by atoms with Crippen LogP contribution in [0.15, 0.2) is 11.8 Å². The third kappa shape index (κ3) is 1.39. The average Bonchev–Trinajstić information content (AvgIpc) is 2.18. The average molecular weight is 198 g/mol. The highest BCUT2D eigenvalue weighted by Crippen LogP contribution is 2.35. The van der Waals surface area contributed by atoms with Crippen molar-refractivity contribution in [1.29, 1.82) is 0 Å². The maximum atomic E-state index is 11.3. The normalized spacial score (nSPS) is 36.6. The van der Waals surface area contributed by atoms with Gasteiger partial charge in [0.15, 0.2) is 0 Å². The first-order chi connectivity index (χ1) is 6.74. The number of aliphatic hydroxyl groups excluding tert-OH is 1. The summed E-state index contributed by atoms with van der Waals surface area (Å²) in [4.78, 5) is 11.3. The molecule has 2 aliphatic heterocycles. The first kappa shape index (κ1) is 9.52. The molecular weight excluding hydrogens is 184 g/mol. The number of fused-ring (bicyclic) bond motifs is 1. The van der Waals surface area contributed by atoms with E-state index in [1.165, 1.54) is 6.26 Å². The fourth-order valence-electron chi connectivity index (χ4n) is 2.13. The predicted octanol–water partition coefficient (Wildman–Crippen LogP) is 0.461. The second kappa shape index (κ2) is 3.61. The molecule has 3 atom stereocenters. The van der Waals surface area contributed by atoms with Crippen molar-refractivity contribution < 1.29 is 19.4 Å². The summed E-state index contributed by atoms with van der Waals surface area (Å²) in [5.74, 6) is -0.181. The molecule has 0 unspecified atom stereocenters. The number of carbonyl (C=O) groups is 1. The highest BCUT2D eigenvalue weighted by Gasteiger charge is 2.39. The third-order valence-electron chi connectivity index (χ3n) is 3.04. The van der Waals surface area contributed by atoms with Gasteiger partial charge in [0.25, 0.3) is 0 Å². The first-order valence-electron chi connectivity index (χ1n) is 4.87. The standard InChI is InChI=1S/C10H14O4/c1-6-8(4-11)7-2-3-13-10(12)9(7)5-14-6/h5-8,11H,2-4H2,1H3/t6-,7+,8+/m0/s1. The van der Waals surface area contributed by atoms with Crippen molar-refractivity contribution in [1.82, 2.24) is 0 Å². The highest BCUT2D eigenvalue weighted by atomic mass is 16.5. The van der Waals surface area contributed by atoms with Crippen LogP contribution in [0.2, 0.25) is 0 Å². The number of hydrogen-bond donors (Lipinski definition) is 1. The van der Waals surface area contributed by atoms with Crippen molar-refractivity contribution in [3.63, 3.8) is 0 Å². The molecular formula is C10H14O4. The largest absolute Gasteiger partial charge is 0.497 e. The van der Waals surface area contributed by atoms with Crippen LogP contribution in [0.5, 0.6) is 0 Å². The second-order valence-corrected chi connectivity index (χ2v) is 3.79. The van der Waals surface area contributed by atoms with Crippen LogP contribution < -0.4 is 0 Å². The van der Waals surface area contributed by atoms with Crippen LogP contribution in [0.3, 0.4) is 0 Å². The minimum atomic E-state index is -0.299.